The Morgan fingerprint density at radius 2 is 1.63 bits per heavy atom. The highest BCUT2D eigenvalue weighted by Crippen LogP contribution is 2.30. The highest BCUT2D eigenvalue weighted by molar-refractivity contribution is 6.27. The van der Waals surface area contributed by atoms with Crippen molar-refractivity contribution < 1.29 is 29.3 Å². The minimum absolute atomic E-state index is 0.0979. The molecule has 0 saturated carbocycles. The molecule has 0 bridgehead atoms. The van der Waals surface area contributed by atoms with Gasteiger partial charge < -0.3 is 25.0 Å². The van der Waals surface area contributed by atoms with E-state index in [0.717, 1.165) is 25.4 Å². The molecule has 1 rings (SSSR count). The van der Waals surface area contributed by atoms with E-state index in [1.165, 1.54) is 18.4 Å². The standard InChI is InChI=1S/C18H31NO2.C2H2O4/c1-5-6-11-19-12-13-20-14-15-21-17-10-8-7-9-16(17)18(2,3)4;3-1(4)2(5)6/h7-10,19H,5-6,11-15H2,1-4H3;(H,3,4)(H,5,6). The Kier molecular flexibility index (Phi) is 12.9. The first-order valence-corrected chi connectivity index (χ1v) is 9.17. The first-order chi connectivity index (χ1) is 12.7. The lowest BCUT2D eigenvalue weighted by Crippen LogP contribution is -2.22. The minimum Gasteiger partial charge on any atom is -0.491 e. The van der Waals surface area contributed by atoms with Gasteiger partial charge in [0.25, 0.3) is 0 Å². The topological polar surface area (TPSA) is 105 Å². The molecule has 0 saturated heterocycles. The molecule has 0 heterocycles. The Morgan fingerprint density at radius 1 is 1.00 bits per heavy atom. The fourth-order valence-electron chi connectivity index (χ4n) is 2.10. The summed E-state index contributed by atoms with van der Waals surface area (Å²) >= 11 is 0. The average Bonchev–Trinajstić information content (AvgIpc) is 2.60. The second-order valence-electron chi connectivity index (χ2n) is 6.92. The Balaban J connectivity index is 0.000000972. The number of rotatable bonds is 10. The number of aliphatic carboxylic acids is 2. The number of ether oxygens (including phenoxy) is 2. The summed E-state index contributed by atoms with van der Waals surface area (Å²) in [5.41, 5.74) is 1.34. The third kappa shape index (κ3) is 12.8. The van der Waals surface area contributed by atoms with Crippen LogP contribution in [0.2, 0.25) is 0 Å². The molecule has 27 heavy (non-hydrogen) atoms. The van der Waals surface area contributed by atoms with Crippen molar-refractivity contribution in [3.63, 3.8) is 0 Å². The molecule has 0 atom stereocenters. The number of nitrogens with one attached hydrogen (secondary N) is 1. The van der Waals surface area contributed by atoms with Gasteiger partial charge in [0.05, 0.1) is 13.2 Å². The summed E-state index contributed by atoms with van der Waals surface area (Å²) < 4.78 is 11.4. The van der Waals surface area contributed by atoms with E-state index >= 15 is 0 Å². The number of unbranched alkanes of at least 4 members (excludes halogenated alkanes) is 1. The fourth-order valence-corrected chi connectivity index (χ4v) is 2.10. The van der Waals surface area contributed by atoms with Crippen molar-refractivity contribution in [2.75, 3.05) is 32.9 Å². The first-order valence-electron chi connectivity index (χ1n) is 9.17. The monoisotopic (exact) mass is 383 g/mol. The Hall–Kier alpha value is -2.12. The predicted octanol–water partition coefficient (Wildman–Crippen LogP) is 2.92. The lowest BCUT2D eigenvalue weighted by molar-refractivity contribution is -0.159. The lowest BCUT2D eigenvalue weighted by Gasteiger charge is -2.22. The molecule has 0 aliphatic rings. The number of hydrogen-bond donors (Lipinski definition) is 3. The van der Waals surface area contributed by atoms with E-state index in [0.29, 0.717) is 13.2 Å². The van der Waals surface area contributed by atoms with Crippen molar-refractivity contribution in [3.8, 4) is 5.75 Å². The molecule has 0 fully saturated rings. The number of carbonyl (C=O) groups is 2. The molecule has 1 aromatic carbocycles. The molecule has 0 radical (unpaired) electrons. The van der Waals surface area contributed by atoms with Gasteiger partial charge in [-0.1, -0.05) is 52.3 Å². The molecular weight excluding hydrogens is 350 g/mol. The number of carboxylic acids is 2. The van der Waals surface area contributed by atoms with Crippen LogP contribution in [0.3, 0.4) is 0 Å². The van der Waals surface area contributed by atoms with Gasteiger partial charge in [0.2, 0.25) is 0 Å². The maximum Gasteiger partial charge on any atom is 0.414 e. The molecule has 0 amide bonds. The summed E-state index contributed by atoms with van der Waals surface area (Å²) in [6, 6.07) is 8.25. The Labute approximate surface area is 161 Å². The summed E-state index contributed by atoms with van der Waals surface area (Å²) in [5, 5.41) is 18.1. The molecular formula is C20H33NO6. The van der Waals surface area contributed by atoms with E-state index in [2.05, 4.69) is 45.1 Å². The molecule has 7 heteroatoms. The summed E-state index contributed by atoms with van der Waals surface area (Å²) in [7, 11) is 0. The molecule has 0 unspecified atom stereocenters. The van der Waals surface area contributed by atoms with E-state index in [-0.39, 0.29) is 5.41 Å². The number of benzene rings is 1. The molecule has 7 nitrogen and oxygen atoms in total. The van der Waals surface area contributed by atoms with E-state index in [4.69, 9.17) is 29.3 Å². The first kappa shape index (κ1) is 24.9. The third-order valence-corrected chi connectivity index (χ3v) is 3.49. The van der Waals surface area contributed by atoms with Gasteiger partial charge in [0.1, 0.15) is 12.4 Å². The number of hydrogen-bond acceptors (Lipinski definition) is 5. The van der Waals surface area contributed by atoms with Gasteiger partial charge in [-0.25, -0.2) is 9.59 Å². The summed E-state index contributed by atoms with van der Waals surface area (Å²) in [5.74, 6) is -2.68. The summed E-state index contributed by atoms with van der Waals surface area (Å²) in [6.07, 6.45) is 2.46. The quantitative estimate of drug-likeness (QED) is 0.421. The Morgan fingerprint density at radius 3 is 2.19 bits per heavy atom. The van der Waals surface area contributed by atoms with Gasteiger partial charge in [-0.15, -0.1) is 0 Å². The van der Waals surface area contributed by atoms with Crippen LogP contribution in [0.25, 0.3) is 0 Å². The van der Waals surface area contributed by atoms with Crippen molar-refractivity contribution in [3.05, 3.63) is 29.8 Å². The van der Waals surface area contributed by atoms with Gasteiger partial charge in [-0.3, -0.25) is 0 Å². The van der Waals surface area contributed by atoms with Crippen LogP contribution in [-0.2, 0) is 19.7 Å². The second kappa shape index (κ2) is 14.0. The maximum absolute atomic E-state index is 9.10. The van der Waals surface area contributed by atoms with Crippen LogP contribution in [-0.4, -0.2) is 55.1 Å². The molecule has 0 aliphatic heterocycles. The molecule has 1 aromatic rings. The molecule has 154 valence electrons. The summed E-state index contributed by atoms with van der Waals surface area (Å²) in [4.78, 5) is 18.2. The van der Waals surface area contributed by atoms with E-state index < -0.39 is 11.9 Å². The van der Waals surface area contributed by atoms with Crippen LogP contribution >= 0.6 is 0 Å². The molecule has 3 N–H and O–H groups in total. The van der Waals surface area contributed by atoms with Crippen LogP contribution < -0.4 is 10.1 Å². The predicted molar refractivity (Wildman–Crippen MR) is 105 cm³/mol. The van der Waals surface area contributed by atoms with Crippen LogP contribution in [0, 0.1) is 0 Å². The zero-order chi connectivity index (χ0) is 20.7. The average molecular weight is 383 g/mol. The zero-order valence-electron chi connectivity index (χ0n) is 16.8. The van der Waals surface area contributed by atoms with Crippen LogP contribution in [0.15, 0.2) is 24.3 Å². The van der Waals surface area contributed by atoms with Gasteiger partial charge >= 0.3 is 11.9 Å². The van der Waals surface area contributed by atoms with Crippen molar-refractivity contribution in [2.24, 2.45) is 0 Å². The zero-order valence-corrected chi connectivity index (χ0v) is 16.8. The van der Waals surface area contributed by atoms with Crippen molar-refractivity contribution in [1.82, 2.24) is 5.32 Å². The van der Waals surface area contributed by atoms with Gasteiger partial charge in [-0.05, 0) is 30.0 Å². The van der Waals surface area contributed by atoms with Gasteiger partial charge in [0, 0.05) is 6.54 Å². The third-order valence-electron chi connectivity index (χ3n) is 3.49. The second-order valence-corrected chi connectivity index (χ2v) is 6.92. The smallest absolute Gasteiger partial charge is 0.414 e. The van der Waals surface area contributed by atoms with Crippen molar-refractivity contribution in [1.29, 1.82) is 0 Å². The van der Waals surface area contributed by atoms with E-state index in [9.17, 15) is 0 Å². The highest BCUT2D eigenvalue weighted by Gasteiger charge is 2.18. The summed E-state index contributed by atoms with van der Waals surface area (Å²) in [6.45, 7) is 12.8. The lowest BCUT2D eigenvalue weighted by atomic mass is 9.86. The van der Waals surface area contributed by atoms with E-state index in [1.54, 1.807) is 0 Å². The largest absolute Gasteiger partial charge is 0.491 e. The van der Waals surface area contributed by atoms with Crippen molar-refractivity contribution >= 4 is 11.9 Å². The van der Waals surface area contributed by atoms with Crippen LogP contribution in [0.1, 0.15) is 46.1 Å². The maximum atomic E-state index is 9.10. The highest BCUT2D eigenvalue weighted by atomic mass is 16.5. The SMILES string of the molecule is CCCCNCCOCCOc1ccccc1C(C)(C)C.O=C(O)C(=O)O. The van der Waals surface area contributed by atoms with Crippen molar-refractivity contribution in [2.45, 2.75) is 46.0 Å². The molecule has 0 spiro atoms. The Bertz CT molecular complexity index is 542. The fraction of sp³-hybridized carbons (Fsp3) is 0.600. The van der Waals surface area contributed by atoms with Crippen LogP contribution in [0.5, 0.6) is 5.75 Å². The van der Waals surface area contributed by atoms with Crippen LogP contribution in [0.4, 0.5) is 0 Å². The van der Waals surface area contributed by atoms with Gasteiger partial charge in [-0.2, -0.15) is 0 Å². The molecule has 0 aromatic heterocycles. The van der Waals surface area contributed by atoms with E-state index in [1.807, 2.05) is 12.1 Å². The normalized spacial score (nSPS) is 10.7. The molecule has 0 aliphatic carbocycles. The van der Waals surface area contributed by atoms with Gasteiger partial charge in [0.15, 0.2) is 0 Å². The number of carboxylic acid groups (broad SMARTS) is 2. The number of para-hydroxylation sites is 1. The minimum atomic E-state index is -1.82.